The van der Waals surface area contributed by atoms with Crippen LogP contribution in [-0.4, -0.2) is 26.0 Å². The smallest absolute Gasteiger partial charge is 0.214 e. The van der Waals surface area contributed by atoms with Crippen molar-refractivity contribution >= 4 is 14.0 Å². The van der Waals surface area contributed by atoms with Crippen molar-refractivity contribution in [2.75, 3.05) is 12.3 Å². The lowest BCUT2D eigenvalue weighted by Gasteiger charge is -2.36. The molecule has 156 valence electrons. The topological polar surface area (TPSA) is 57.4 Å². The Morgan fingerprint density at radius 3 is 2.69 bits per heavy atom. The molecule has 0 saturated heterocycles. The van der Waals surface area contributed by atoms with Crippen molar-refractivity contribution in [1.29, 1.82) is 0 Å². The number of hydrogen-bond acceptors (Lipinski definition) is 4. The third kappa shape index (κ3) is 4.73. The number of aromatic nitrogens is 1. The zero-order valence-corrected chi connectivity index (χ0v) is 19.4. The molecule has 4 nitrogen and oxygen atoms in total. The Kier molecular flexibility index (Phi) is 6.20. The quantitative estimate of drug-likeness (QED) is 0.357. The summed E-state index contributed by atoms with van der Waals surface area (Å²) in [6.07, 6.45) is 6.68. The van der Waals surface area contributed by atoms with Crippen LogP contribution in [0.1, 0.15) is 38.3 Å². The number of aryl methyl sites for hydroxylation is 1. The molecule has 0 saturated carbocycles. The van der Waals surface area contributed by atoms with E-state index in [0.717, 1.165) is 29.7 Å². The lowest BCUT2D eigenvalue weighted by molar-refractivity contribution is 0.149. The predicted octanol–water partition coefficient (Wildman–Crippen LogP) is 5.77. The summed E-state index contributed by atoms with van der Waals surface area (Å²) in [7, 11) is -1.85. The minimum Gasteiger partial charge on any atom is -0.468 e. The number of nitrogens with two attached hydrogens (primary N) is 1. The van der Waals surface area contributed by atoms with Gasteiger partial charge in [0.15, 0.2) is 8.32 Å². The van der Waals surface area contributed by atoms with Crippen molar-refractivity contribution in [3.63, 3.8) is 0 Å². The summed E-state index contributed by atoms with van der Waals surface area (Å²) < 4.78 is 12.4. The van der Waals surface area contributed by atoms with E-state index in [1.165, 1.54) is 17.5 Å². The largest absolute Gasteiger partial charge is 0.468 e. The molecule has 0 spiro atoms. The number of ether oxygens (including phenoxy) is 1. The maximum absolute atomic E-state index is 6.49. The highest BCUT2D eigenvalue weighted by molar-refractivity contribution is 6.74. The van der Waals surface area contributed by atoms with Gasteiger partial charge >= 0.3 is 0 Å². The molecule has 1 heterocycles. The van der Waals surface area contributed by atoms with Gasteiger partial charge in [-0.1, -0.05) is 39.5 Å². The number of pyridine rings is 1. The van der Waals surface area contributed by atoms with Gasteiger partial charge in [0.25, 0.3) is 0 Å². The SMILES string of the molecule is C=CC(CO[Si](C)(C)C(C)(C)C)Oc1cc(-c2ccc3c(c2N)CCC3)ccn1. The summed E-state index contributed by atoms with van der Waals surface area (Å²) in [5, 5.41) is 0.155. The first-order valence-corrected chi connectivity index (χ1v) is 13.3. The summed E-state index contributed by atoms with van der Waals surface area (Å²) in [4.78, 5) is 4.39. The molecule has 0 radical (unpaired) electrons. The van der Waals surface area contributed by atoms with Gasteiger partial charge in [-0.15, -0.1) is 0 Å². The van der Waals surface area contributed by atoms with Crippen LogP contribution >= 0.6 is 0 Å². The highest BCUT2D eigenvalue weighted by Crippen LogP contribution is 2.37. The van der Waals surface area contributed by atoms with Crippen LogP contribution in [0.3, 0.4) is 0 Å². The van der Waals surface area contributed by atoms with Crippen molar-refractivity contribution in [2.24, 2.45) is 0 Å². The molecule has 0 amide bonds. The summed E-state index contributed by atoms with van der Waals surface area (Å²) in [6, 6.07) is 8.25. The van der Waals surface area contributed by atoms with Crippen LogP contribution in [0.25, 0.3) is 11.1 Å². The molecule has 3 rings (SSSR count). The minimum absolute atomic E-state index is 0.155. The Morgan fingerprint density at radius 1 is 1.24 bits per heavy atom. The molecule has 0 aliphatic heterocycles. The predicted molar refractivity (Wildman–Crippen MR) is 124 cm³/mol. The van der Waals surface area contributed by atoms with E-state index >= 15 is 0 Å². The zero-order chi connectivity index (χ0) is 21.2. The molecule has 2 aromatic rings. The van der Waals surface area contributed by atoms with Crippen molar-refractivity contribution in [2.45, 2.75) is 64.3 Å². The first-order valence-electron chi connectivity index (χ1n) is 10.4. The van der Waals surface area contributed by atoms with E-state index in [-0.39, 0.29) is 11.1 Å². The molecule has 1 aromatic heterocycles. The average molecular weight is 411 g/mol. The van der Waals surface area contributed by atoms with E-state index in [4.69, 9.17) is 14.9 Å². The molecule has 5 heteroatoms. The first kappa shape index (κ1) is 21.6. The van der Waals surface area contributed by atoms with Crippen molar-refractivity contribution < 1.29 is 9.16 Å². The van der Waals surface area contributed by atoms with E-state index in [9.17, 15) is 0 Å². The Hall–Kier alpha value is -2.11. The molecular formula is C24H34N2O2Si. The monoisotopic (exact) mass is 410 g/mol. The lowest BCUT2D eigenvalue weighted by Crippen LogP contribution is -2.43. The summed E-state index contributed by atoms with van der Waals surface area (Å²) in [6.45, 7) is 15.6. The van der Waals surface area contributed by atoms with Gasteiger partial charge in [0.2, 0.25) is 5.88 Å². The van der Waals surface area contributed by atoms with E-state index in [1.54, 1.807) is 12.3 Å². The van der Waals surface area contributed by atoms with Gasteiger partial charge in [0.1, 0.15) is 6.10 Å². The summed E-state index contributed by atoms with van der Waals surface area (Å²) in [5.74, 6) is 0.561. The van der Waals surface area contributed by atoms with Crippen LogP contribution in [0.2, 0.25) is 18.1 Å². The van der Waals surface area contributed by atoms with E-state index < -0.39 is 8.32 Å². The Labute approximate surface area is 176 Å². The fourth-order valence-electron chi connectivity index (χ4n) is 3.40. The number of rotatable bonds is 7. The lowest BCUT2D eigenvalue weighted by atomic mass is 9.98. The number of fused-ring (bicyclic) bond motifs is 1. The van der Waals surface area contributed by atoms with Crippen LogP contribution in [0.15, 0.2) is 43.1 Å². The Balaban J connectivity index is 1.75. The van der Waals surface area contributed by atoms with Gasteiger partial charge in [0.05, 0.1) is 6.61 Å². The number of anilines is 1. The fraction of sp³-hybridized carbons (Fsp3) is 0.458. The van der Waals surface area contributed by atoms with Crippen molar-refractivity contribution in [1.82, 2.24) is 4.98 Å². The van der Waals surface area contributed by atoms with Crippen LogP contribution in [0.4, 0.5) is 5.69 Å². The first-order chi connectivity index (χ1) is 13.6. The van der Waals surface area contributed by atoms with Crippen LogP contribution < -0.4 is 10.5 Å². The molecule has 2 N–H and O–H groups in total. The molecular weight excluding hydrogens is 376 g/mol. The van der Waals surface area contributed by atoms with Gasteiger partial charge in [-0.3, -0.25) is 0 Å². The fourth-order valence-corrected chi connectivity index (χ4v) is 4.41. The molecule has 0 fully saturated rings. The Bertz CT molecular complexity index is 887. The van der Waals surface area contributed by atoms with Crippen LogP contribution in [0, 0.1) is 0 Å². The number of nitrogens with zero attached hydrogens (tertiary/aromatic N) is 1. The van der Waals surface area contributed by atoms with Gasteiger partial charge in [0, 0.05) is 23.5 Å². The zero-order valence-electron chi connectivity index (χ0n) is 18.4. The summed E-state index contributed by atoms with van der Waals surface area (Å²) >= 11 is 0. The standard InChI is InChI=1S/C24H34N2O2Si/c1-7-19(16-27-29(5,6)24(2,3)4)28-22-15-18(13-14-26-22)21-12-11-17-9-8-10-20(17)23(21)25/h7,11-15,19H,1,8-10,16,25H2,2-6H3. The second kappa shape index (κ2) is 8.32. The maximum atomic E-state index is 6.49. The highest BCUT2D eigenvalue weighted by Gasteiger charge is 2.37. The normalized spacial score (nSPS) is 15.1. The number of nitrogen functional groups attached to an aromatic ring is 1. The van der Waals surface area contributed by atoms with Gasteiger partial charge in [-0.05, 0) is 66.2 Å². The molecule has 29 heavy (non-hydrogen) atoms. The third-order valence-electron chi connectivity index (χ3n) is 6.32. The average Bonchev–Trinajstić information content (AvgIpc) is 3.14. The number of hydrogen-bond donors (Lipinski definition) is 1. The van der Waals surface area contributed by atoms with E-state index in [2.05, 4.69) is 57.6 Å². The molecule has 1 aliphatic rings. The Morgan fingerprint density at radius 2 is 2.00 bits per heavy atom. The van der Waals surface area contributed by atoms with E-state index in [1.807, 2.05) is 12.1 Å². The van der Waals surface area contributed by atoms with Gasteiger partial charge in [-0.2, -0.15) is 0 Å². The van der Waals surface area contributed by atoms with Crippen molar-refractivity contribution in [3.8, 4) is 17.0 Å². The number of benzene rings is 1. The highest BCUT2D eigenvalue weighted by atomic mass is 28.4. The van der Waals surface area contributed by atoms with Gasteiger partial charge < -0.3 is 14.9 Å². The maximum Gasteiger partial charge on any atom is 0.214 e. The molecule has 0 bridgehead atoms. The third-order valence-corrected chi connectivity index (χ3v) is 10.8. The molecule has 1 aliphatic carbocycles. The van der Waals surface area contributed by atoms with E-state index in [0.29, 0.717) is 12.5 Å². The second-order valence-electron chi connectivity index (χ2n) is 9.36. The van der Waals surface area contributed by atoms with Crippen LogP contribution in [-0.2, 0) is 17.3 Å². The van der Waals surface area contributed by atoms with Gasteiger partial charge in [-0.25, -0.2) is 4.98 Å². The molecule has 1 aromatic carbocycles. The minimum atomic E-state index is -1.85. The van der Waals surface area contributed by atoms with Crippen molar-refractivity contribution in [3.05, 3.63) is 54.2 Å². The second-order valence-corrected chi connectivity index (χ2v) is 14.2. The van der Waals surface area contributed by atoms with Crippen LogP contribution in [0.5, 0.6) is 5.88 Å². The summed E-state index contributed by atoms with van der Waals surface area (Å²) in [5.41, 5.74) is 12.1. The molecule has 1 atom stereocenters. The molecule has 1 unspecified atom stereocenters.